The predicted molar refractivity (Wildman–Crippen MR) is 66.7 cm³/mol. The lowest BCUT2D eigenvalue weighted by molar-refractivity contribution is -0.141. The van der Waals surface area contributed by atoms with Crippen molar-refractivity contribution in [3.05, 3.63) is 36.3 Å². The number of nitrogens with zero attached hydrogens (tertiary/aromatic N) is 3. The van der Waals surface area contributed by atoms with Crippen molar-refractivity contribution in [2.45, 2.75) is 26.4 Å². The first-order valence-corrected chi connectivity index (χ1v) is 5.73. The molecular formula is C12H15F3N4. The largest absolute Gasteiger partial charge is 0.435 e. The second-order valence-corrected chi connectivity index (χ2v) is 3.79. The summed E-state index contributed by atoms with van der Waals surface area (Å²) in [6, 6.07) is 3.85. The van der Waals surface area contributed by atoms with E-state index in [0.717, 1.165) is 10.7 Å². The summed E-state index contributed by atoms with van der Waals surface area (Å²) >= 11 is 0. The van der Waals surface area contributed by atoms with Crippen molar-refractivity contribution in [2.24, 2.45) is 0 Å². The van der Waals surface area contributed by atoms with E-state index in [0.29, 0.717) is 5.69 Å². The molecule has 19 heavy (non-hydrogen) atoms. The zero-order valence-corrected chi connectivity index (χ0v) is 10.6. The Hall–Kier alpha value is -2.05. The van der Waals surface area contributed by atoms with E-state index in [1.807, 2.05) is 0 Å². The summed E-state index contributed by atoms with van der Waals surface area (Å²) in [7, 11) is 0. The summed E-state index contributed by atoms with van der Waals surface area (Å²) in [5.41, 5.74) is 4.91. The molecule has 2 aromatic rings. The molecule has 7 heteroatoms. The molecule has 0 aliphatic rings. The Labute approximate surface area is 109 Å². The lowest BCUT2D eigenvalue weighted by atomic mass is 10.4. The van der Waals surface area contributed by atoms with Crippen LogP contribution in [0.3, 0.4) is 0 Å². The fourth-order valence-corrected chi connectivity index (χ4v) is 1.20. The molecule has 0 amide bonds. The van der Waals surface area contributed by atoms with Crippen LogP contribution in [0, 0.1) is 0 Å². The van der Waals surface area contributed by atoms with Crippen molar-refractivity contribution >= 4 is 5.82 Å². The Morgan fingerprint density at radius 2 is 1.89 bits per heavy atom. The summed E-state index contributed by atoms with van der Waals surface area (Å²) in [5, 5.41) is 3.40. The van der Waals surface area contributed by atoms with E-state index in [2.05, 4.69) is 23.9 Å². The Kier molecular flexibility index (Phi) is 4.91. The molecule has 0 radical (unpaired) electrons. The molecule has 104 valence electrons. The molecular weight excluding hydrogens is 257 g/mol. The Morgan fingerprint density at radius 3 is 2.37 bits per heavy atom. The van der Waals surface area contributed by atoms with Crippen LogP contribution in [0.5, 0.6) is 0 Å². The summed E-state index contributed by atoms with van der Waals surface area (Å²) in [6.45, 7) is 4.25. The van der Waals surface area contributed by atoms with Gasteiger partial charge >= 0.3 is 6.18 Å². The molecule has 0 atom stereocenters. The molecule has 0 aliphatic carbocycles. The molecule has 0 fully saturated rings. The number of halogens is 3. The number of pyridine rings is 1. The van der Waals surface area contributed by atoms with Crippen LogP contribution >= 0.6 is 0 Å². The van der Waals surface area contributed by atoms with Crippen molar-refractivity contribution in [1.82, 2.24) is 14.8 Å². The summed E-state index contributed by atoms with van der Waals surface area (Å²) in [4.78, 5) is 3.74. The van der Waals surface area contributed by atoms with Crippen LogP contribution < -0.4 is 5.73 Å². The number of anilines is 1. The van der Waals surface area contributed by atoms with Gasteiger partial charge in [-0.25, -0.2) is 9.67 Å². The molecule has 0 unspecified atom stereocenters. The standard InChI is InChI=1S/C9H7F3N4.C3H8/c10-9(11,12)7-2-4-16(15-7)6-1-3-14-8(13)5-6;1-3-2/h1-5H,(H2,13,14);3H2,1-2H3. The summed E-state index contributed by atoms with van der Waals surface area (Å²) in [6.07, 6.45) is -0.568. The lowest BCUT2D eigenvalue weighted by Crippen LogP contribution is -2.07. The van der Waals surface area contributed by atoms with Crippen LogP contribution in [0.25, 0.3) is 5.69 Å². The monoisotopic (exact) mass is 272 g/mol. The molecule has 2 heterocycles. The number of aromatic nitrogens is 3. The molecule has 0 aromatic carbocycles. The normalized spacial score (nSPS) is 10.8. The van der Waals surface area contributed by atoms with Gasteiger partial charge in [0.2, 0.25) is 0 Å². The molecule has 0 bridgehead atoms. The molecule has 2 N–H and O–H groups in total. The number of rotatable bonds is 1. The number of hydrogen-bond acceptors (Lipinski definition) is 3. The summed E-state index contributed by atoms with van der Waals surface area (Å²) < 4.78 is 37.9. The SMILES string of the molecule is CCC.Nc1cc(-n2ccc(C(F)(F)F)n2)ccn1. The van der Waals surface area contributed by atoms with Crippen LogP contribution in [-0.4, -0.2) is 14.8 Å². The quantitative estimate of drug-likeness (QED) is 0.866. The molecule has 0 saturated heterocycles. The van der Waals surface area contributed by atoms with Crippen molar-refractivity contribution in [3.63, 3.8) is 0 Å². The van der Waals surface area contributed by atoms with Gasteiger partial charge in [-0.15, -0.1) is 0 Å². The van der Waals surface area contributed by atoms with E-state index in [1.165, 1.54) is 30.9 Å². The maximum absolute atomic E-state index is 12.3. The van der Waals surface area contributed by atoms with Gasteiger partial charge in [-0.2, -0.15) is 18.3 Å². The highest BCUT2D eigenvalue weighted by atomic mass is 19.4. The van der Waals surface area contributed by atoms with Gasteiger partial charge in [0.25, 0.3) is 0 Å². The minimum absolute atomic E-state index is 0.224. The Morgan fingerprint density at radius 1 is 1.26 bits per heavy atom. The average Bonchev–Trinajstić information content (AvgIpc) is 2.78. The van der Waals surface area contributed by atoms with Gasteiger partial charge < -0.3 is 5.73 Å². The predicted octanol–water partition coefficient (Wildman–Crippen LogP) is 3.28. The first-order chi connectivity index (χ1) is 8.88. The minimum atomic E-state index is -4.44. The zero-order valence-electron chi connectivity index (χ0n) is 10.6. The van der Waals surface area contributed by atoms with Gasteiger partial charge in [-0.3, -0.25) is 0 Å². The third-order valence-corrected chi connectivity index (χ3v) is 1.91. The fourth-order valence-electron chi connectivity index (χ4n) is 1.20. The van der Waals surface area contributed by atoms with Gasteiger partial charge in [0, 0.05) is 18.5 Å². The van der Waals surface area contributed by atoms with Crippen molar-refractivity contribution in [3.8, 4) is 5.69 Å². The van der Waals surface area contributed by atoms with Crippen LogP contribution in [0.2, 0.25) is 0 Å². The highest BCUT2D eigenvalue weighted by molar-refractivity contribution is 5.40. The lowest BCUT2D eigenvalue weighted by Gasteiger charge is -2.03. The molecule has 2 rings (SSSR count). The zero-order chi connectivity index (χ0) is 14.5. The Balaban J connectivity index is 0.000000550. The number of nitrogens with two attached hydrogens (primary N) is 1. The minimum Gasteiger partial charge on any atom is -0.384 e. The topological polar surface area (TPSA) is 56.7 Å². The average molecular weight is 272 g/mol. The van der Waals surface area contributed by atoms with Gasteiger partial charge in [-0.1, -0.05) is 20.3 Å². The van der Waals surface area contributed by atoms with E-state index in [4.69, 9.17) is 5.73 Å². The van der Waals surface area contributed by atoms with E-state index in [9.17, 15) is 13.2 Å². The first kappa shape index (κ1) is 15.0. The third-order valence-electron chi connectivity index (χ3n) is 1.91. The van der Waals surface area contributed by atoms with E-state index in [1.54, 1.807) is 0 Å². The van der Waals surface area contributed by atoms with Crippen LogP contribution in [0.4, 0.5) is 19.0 Å². The number of nitrogen functional groups attached to an aromatic ring is 1. The van der Waals surface area contributed by atoms with Crippen molar-refractivity contribution in [2.75, 3.05) is 5.73 Å². The van der Waals surface area contributed by atoms with Gasteiger partial charge in [-0.05, 0) is 12.1 Å². The van der Waals surface area contributed by atoms with E-state index < -0.39 is 11.9 Å². The number of alkyl halides is 3. The van der Waals surface area contributed by atoms with Gasteiger partial charge in [0.15, 0.2) is 5.69 Å². The van der Waals surface area contributed by atoms with Crippen LogP contribution in [0.15, 0.2) is 30.6 Å². The molecule has 2 aromatic heterocycles. The molecule has 0 aliphatic heterocycles. The van der Waals surface area contributed by atoms with Crippen LogP contribution in [0.1, 0.15) is 26.0 Å². The maximum Gasteiger partial charge on any atom is 0.435 e. The van der Waals surface area contributed by atoms with Crippen molar-refractivity contribution in [1.29, 1.82) is 0 Å². The maximum atomic E-state index is 12.3. The van der Waals surface area contributed by atoms with Crippen LogP contribution in [-0.2, 0) is 6.18 Å². The first-order valence-electron chi connectivity index (χ1n) is 5.73. The highest BCUT2D eigenvalue weighted by Gasteiger charge is 2.33. The second kappa shape index (κ2) is 6.21. The molecule has 0 spiro atoms. The van der Waals surface area contributed by atoms with E-state index >= 15 is 0 Å². The van der Waals surface area contributed by atoms with E-state index in [-0.39, 0.29) is 5.82 Å². The summed E-state index contributed by atoms with van der Waals surface area (Å²) in [5.74, 6) is 0.224. The molecule has 0 saturated carbocycles. The van der Waals surface area contributed by atoms with Gasteiger partial charge in [0.05, 0.1) is 5.69 Å². The third kappa shape index (κ3) is 4.27. The van der Waals surface area contributed by atoms with Crippen molar-refractivity contribution < 1.29 is 13.2 Å². The fraction of sp³-hybridized carbons (Fsp3) is 0.333. The smallest absolute Gasteiger partial charge is 0.384 e. The Bertz CT molecular complexity index is 520. The van der Waals surface area contributed by atoms with Gasteiger partial charge in [0.1, 0.15) is 5.82 Å². The highest BCUT2D eigenvalue weighted by Crippen LogP contribution is 2.27. The second-order valence-electron chi connectivity index (χ2n) is 3.79. The number of hydrogen-bond donors (Lipinski definition) is 1. The molecule has 4 nitrogen and oxygen atoms in total.